The van der Waals surface area contributed by atoms with Crippen molar-refractivity contribution in [1.29, 1.82) is 0 Å². The summed E-state index contributed by atoms with van der Waals surface area (Å²) in [4.78, 5) is 0. The van der Waals surface area contributed by atoms with Gasteiger partial charge in [-0.05, 0) is 48.8 Å². The van der Waals surface area contributed by atoms with Crippen molar-refractivity contribution in [3.05, 3.63) is 35.4 Å². The van der Waals surface area contributed by atoms with E-state index < -0.39 is 0 Å². The van der Waals surface area contributed by atoms with Crippen LogP contribution in [0, 0.1) is 11.8 Å². The van der Waals surface area contributed by atoms with E-state index in [1.807, 2.05) is 0 Å². The molecule has 1 aromatic carbocycles. The van der Waals surface area contributed by atoms with Crippen LogP contribution in [0.1, 0.15) is 57.2 Å². The van der Waals surface area contributed by atoms with Gasteiger partial charge < -0.3 is 5.32 Å². The number of benzene rings is 1. The van der Waals surface area contributed by atoms with Gasteiger partial charge in [-0.2, -0.15) is 0 Å². The van der Waals surface area contributed by atoms with E-state index in [1.165, 1.54) is 36.8 Å². The Morgan fingerprint density at radius 3 is 2.33 bits per heavy atom. The normalized spacial score (nSPS) is 18.6. The summed E-state index contributed by atoms with van der Waals surface area (Å²) >= 11 is 0. The second kappa shape index (κ2) is 6.38. The maximum atomic E-state index is 3.67. The number of nitrogens with one attached hydrogen (secondary N) is 1. The predicted molar refractivity (Wildman–Crippen MR) is 78.7 cm³/mol. The van der Waals surface area contributed by atoms with Gasteiger partial charge in [0.25, 0.3) is 0 Å². The molecule has 1 aliphatic carbocycles. The van der Waals surface area contributed by atoms with Crippen LogP contribution in [0.3, 0.4) is 0 Å². The molecule has 2 atom stereocenters. The fraction of sp³-hybridized carbons (Fsp3) is 0.647. The van der Waals surface area contributed by atoms with E-state index in [2.05, 4.69) is 50.4 Å². The summed E-state index contributed by atoms with van der Waals surface area (Å²) < 4.78 is 0. The van der Waals surface area contributed by atoms with Gasteiger partial charge in [-0.3, -0.25) is 0 Å². The largest absolute Gasteiger partial charge is 0.310 e. The highest BCUT2D eigenvalue weighted by molar-refractivity contribution is 5.26. The fourth-order valence-electron chi connectivity index (χ4n) is 2.90. The average molecular weight is 245 g/mol. The number of aryl methyl sites for hydroxylation is 1. The Kier molecular flexibility index (Phi) is 4.82. The topological polar surface area (TPSA) is 12.0 Å². The Hall–Kier alpha value is -0.820. The molecular formula is C17H27N. The molecular weight excluding hydrogens is 218 g/mol. The van der Waals surface area contributed by atoms with Gasteiger partial charge in [-0.15, -0.1) is 0 Å². The third kappa shape index (κ3) is 3.35. The third-order valence-corrected chi connectivity index (χ3v) is 4.19. The SMILES string of the molecule is CCCc1ccc(C(NCC)C(C)C2CC2)cc1. The van der Waals surface area contributed by atoms with Gasteiger partial charge in [0.1, 0.15) is 0 Å². The van der Waals surface area contributed by atoms with Gasteiger partial charge in [0.05, 0.1) is 0 Å². The molecule has 0 amide bonds. The second-order valence-corrected chi connectivity index (χ2v) is 5.72. The molecule has 1 heteroatoms. The number of hydrogen-bond donors (Lipinski definition) is 1. The molecule has 18 heavy (non-hydrogen) atoms. The summed E-state index contributed by atoms with van der Waals surface area (Å²) in [5.74, 6) is 1.71. The summed E-state index contributed by atoms with van der Waals surface area (Å²) in [5.41, 5.74) is 2.94. The lowest BCUT2D eigenvalue weighted by molar-refractivity contribution is 0.355. The van der Waals surface area contributed by atoms with E-state index in [-0.39, 0.29) is 0 Å². The molecule has 1 N–H and O–H groups in total. The average Bonchev–Trinajstić information content (AvgIpc) is 3.21. The zero-order valence-electron chi connectivity index (χ0n) is 12.1. The van der Waals surface area contributed by atoms with Crippen molar-refractivity contribution in [3.63, 3.8) is 0 Å². The highest BCUT2D eigenvalue weighted by Crippen LogP contribution is 2.42. The van der Waals surface area contributed by atoms with Crippen LogP contribution in [-0.2, 0) is 6.42 Å². The zero-order valence-corrected chi connectivity index (χ0v) is 12.1. The van der Waals surface area contributed by atoms with Crippen LogP contribution in [0.4, 0.5) is 0 Å². The van der Waals surface area contributed by atoms with Crippen molar-refractivity contribution < 1.29 is 0 Å². The van der Waals surface area contributed by atoms with E-state index in [0.717, 1.165) is 18.4 Å². The minimum atomic E-state index is 0.540. The Bertz CT molecular complexity index is 350. The molecule has 2 rings (SSSR count). The first-order chi connectivity index (χ1) is 8.76. The van der Waals surface area contributed by atoms with Gasteiger partial charge in [-0.25, -0.2) is 0 Å². The monoisotopic (exact) mass is 245 g/mol. The summed E-state index contributed by atoms with van der Waals surface area (Å²) in [6.45, 7) is 7.91. The van der Waals surface area contributed by atoms with Gasteiger partial charge >= 0.3 is 0 Å². The predicted octanol–water partition coefficient (Wildman–Crippen LogP) is 4.34. The molecule has 1 aromatic rings. The molecule has 0 radical (unpaired) electrons. The molecule has 1 nitrogen and oxygen atoms in total. The second-order valence-electron chi connectivity index (χ2n) is 5.72. The lowest BCUT2D eigenvalue weighted by Gasteiger charge is -2.25. The summed E-state index contributed by atoms with van der Waals surface area (Å²) in [5, 5.41) is 3.67. The van der Waals surface area contributed by atoms with Crippen molar-refractivity contribution in [2.75, 3.05) is 6.54 Å². The molecule has 0 saturated heterocycles. The van der Waals surface area contributed by atoms with E-state index in [0.29, 0.717) is 6.04 Å². The van der Waals surface area contributed by atoms with Crippen LogP contribution in [0.15, 0.2) is 24.3 Å². The lowest BCUT2D eigenvalue weighted by Crippen LogP contribution is -2.27. The molecule has 0 aromatic heterocycles. The molecule has 1 fully saturated rings. The van der Waals surface area contributed by atoms with Crippen LogP contribution in [0.25, 0.3) is 0 Å². The first-order valence-corrected chi connectivity index (χ1v) is 7.58. The zero-order chi connectivity index (χ0) is 13.0. The van der Waals surface area contributed by atoms with Crippen LogP contribution < -0.4 is 5.32 Å². The lowest BCUT2D eigenvalue weighted by atomic mass is 9.90. The van der Waals surface area contributed by atoms with E-state index >= 15 is 0 Å². The van der Waals surface area contributed by atoms with Crippen molar-refractivity contribution in [2.24, 2.45) is 11.8 Å². The summed E-state index contributed by atoms with van der Waals surface area (Å²) in [6.07, 6.45) is 5.28. The van der Waals surface area contributed by atoms with E-state index in [1.54, 1.807) is 0 Å². The Morgan fingerprint density at radius 1 is 1.17 bits per heavy atom. The first-order valence-electron chi connectivity index (χ1n) is 7.58. The van der Waals surface area contributed by atoms with E-state index in [9.17, 15) is 0 Å². The van der Waals surface area contributed by atoms with Crippen LogP contribution in [-0.4, -0.2) is 6.54 Å². The van der Waals surface area contributed by atoms with Crippen LogP contribution in [0.2, 0.25) is 0 Å². The van der Waals surface area contributed by atoms with Crippen LogP contribution in [0.5, 0.6) is 0 Å². The first kappa shape index (κ1) is 13.6. The quantitative estimate of drug-likeness (QED) is 0.753. The Balaban J connectivity index is 2.08. The molecule has 0 spiro atoms. The van der Waals surface area contributed by atoms with Crippen LogP contribution >= 0.6 is 0 Å². The molecule has 0 heterocycles. The molecule has 1 aliphatic rings. The number of hydrogen-bond acceptors (Lipinski definition) is 1. The fourth-order valence-corrected chi connectivity index (χ4v) is 2.90. The third-order valence-electron chi connectivity index (χ3n) is 4.19. The van der Waals surface area contributed by atoms with Gasteiger partial charge in [0.15, 0.2) is 0 Å². The van der Waals surface area contributed by atoms with E-state index in [4.69, 9.17) is 0 Å². The standard InChI is InChI=1S/C17H27N/c1-4-6-14-7-9-16(10-8-14)17(18-5-2)13(3)15-11-12-15/h7-10,13,15,17-18H,4-6,11-12H2,1-3H3. The van der Waals surface area contributed by atoms with Gasteiger partial charge in [0, 0.05) is 6.04 Å². The van der Waals surface area contributed by atoms with Gasteiger partial charge in [0.2, 0.25) is 0 Å². The molecule has 0 aliphatic heterocycles. The molecule has 0 bridgehead atoms. The smallest absolute Gasteiger partial charge is 0.0348 e. The summed E-state index contributed by atoms with van der Waals surface area (Å²) in [6, 6.07) is 9.82. The van der Waals surface area contributed by atoms with Crippen molar-refractivity contribution >= 4 is 0 Å². The van der Waals surface area contributed by atoms with Crippen molar-refractivity contribution in [1.82, 2.24) is 5.32 Å². The minimum absolute atomic E-state index is 0.540. The highest BCUT2D eigenvalue weighted by Gasteiger charge is 2.33. The molecule has 2 unspecified atom stereocenters. The Morgan fingerprint density at radius 2 is 1.83 bits per heavy atom. The highest BCUT2D eigenvalue weighted by atomic mass is 14.9. The van der Waals surface area contributed by atoms with Gasteiger partial charge in [-0.1, -0.05) is 51.5 Å². The maximum absolute atomic E-state index is 3.67. The minimum Gasteiger partial charge on any atom is -0.310 e. The van der Waals surface area contributed by atoms with Crippen molar-refractivity contribution in [3.8, 4) is 0 Å². The maximum Gasteiger partial charge on any atom is 0.0348 e. The number of rotatable bonds is 7. The molecule has 1 saturated carbocycles. The molecule has 100 valence electrons. The summed E-state index contributed by atoms with van der Waals surface area (Å²) in [7, 11) is 0. The Labute approximate surface area is 112 Å². The van der Waals surface area contributed by atoms with Crippen molar-refractivity contribution in [2.45, 2.75) is 52.5 Å².